The lowest BCUT2D eigenvalue weighted by Gasteiger charge is -2.24. The first-order valence-electron chi connectivity index (χ1n) is 11.5. The Morgan fingerprint density at radius 1 is 1.29 bits per heavy atom. The number of fused-ring (bicyclic) bond motifs is 2. The van der Waals surface area contributed by atoms with Gasteiger partial charge in [-0.2, -0.15) is 5.10 Å². The number of nitrogen functional groups attached to an aromatic ring is 1. The number of aromatic nitrogens is 5. The van der Waals surface area contributed by atoms with Crippen molar-refractivity contribution >= 4 is 49.9 Å². The van der Waals surface area contributed by atoms with Gasteiger partial charge in [0.15, 0.2) is 0 Å². The van der Waals surface area contributed by atoms with E-state index in [1.165, 1.54) is 6.07 Å². The van der Waals surface area contributed by atoms with Gasteiger partial charge in [0.25, 0.3) is 0 Å². The molecule has 0 radical (unpaired) electrons. The minimum atomic E-state index is -0.571. The number of nitrogens with two attached hydrogens (primary N) is 1. The lowest BCUT2D eigenvalue weighted by atomic mass is 10.1. The molecule has 1 fully saturated rings. The van der Waals surface area contributed by atoms with Crippen LogP contribution in [0, 0.1) is 5.82 Å². The van der Waals surface area contributed by atoms with E-state index in [0.717, 1.165) is 10.9 Å². The number of amides is 1. The van der Waals surface area contributed by atoms with Crippen LogP contribution in [0.5, 0.6) is 0 Å². The number of rotatable bonds is 3. The van der Waals surface area contributed by atoms with E-state index in [4.69, 9.17) is 10.5 Å². The number of carbonyl (C=O) groups excluding carboxylic acids is 1. The third kappa shape index (κ3) is 4.33. The number of benzene rings is 1. The Morgan fingerprint density at radius 3 is 2.77 bits per heavy atom. The number of anilines is 1. The molecule has 35 heavy (non-hydrogen) atoms. The summed E-state index contributed by atoms with van der Waals surface area (Å²) in [7, 11) is 0. The maximum Gasteiger partial charge on any atom is 0.410 e. The molecule has 1 aliphatic heterocycles. The van der Waals surface area contributed by atoms with Crippen molar-refractivity contribution in [1.29, 1.82) is 0 Å². The van der Waals surface area contributed by atoms with Gasteiger partial charge in [-0.05, 0) is 62.2 Å². The van der Waals surface area contributed by atoms with Crippen molar-refractivity contribution in [2.24, 2.45) is 0 Å². The highest BCUT2D eigenvalue weighted by Crippen LogP contribution is 2.39. The van der Waals surface area contributed by atoms with E-state index in [9.17, 15) is 9.18 Å². The van der Waals surface area contributed by atoms with Crippen molar-refractivity contribution in [3.63, 3.8) is 0 Å². The lowest BCUT2D eigenvalue weighted by molar-refractivity contribution is 0.0289. The number of ether oxygens (including phenoxy) is 1. The van der Waals surface area contributed by atoms with Gasteiger partial charge < -0.3 is 19.9 Å². The first-order chi connectivity index (χ1) is 16.5. The molecule has 4 aromatic rings. The zero-order valence-corrected chi connectivity index (χ0v) is 21.6. The Balaban J connectivity index is 1.62. The van der Waals surface area contributed by atoms with Gasteiger partial charge in [0.1, 0.15) is 28.1 Å². The van der Waals surface area contributed by atoms with Crippen LogP contribution in [0.15, 0.2) is 29.0 Å². The maximum atomic E-state index is 14.7. The van der Waals surface area contributed by atoms with E-state index in [1.807, 2.05) is 44.7 Å². The van der Waals surface area contributed by atoms with Crippen LogP contribution in [0.3, 0.4) is 0 Å². The third-order valence-electron chi connectivity index (χ3n) is 6.09. The first kappa shape index (κ1) is 23.5. The molecule has 1 amide bonds. The molecule has 1 saturated heterocycles. The molecule has 2 N–H and O–H groups in total. The highest BCUT2D eigenvalue weighted by molar-refractivity contribution is 9.10. The molecule has 0 spiro atoms. The smallest absolute Gasteiger partial charge is 0.410 e. The second-order valence-corrected chi connectivity index (χ2v) is 10.6. The molecule has 1 unspecified atom stereocenters. The van der Waals surface area contributed by atoms with Gasteiger partial charge in [0, 0.05) is 36.8 Å². The Morgan fingerprint density at radius 2 is 2.06 bits per heavy atom. The van der Waals surface area contributed by atoms with Crippen LogP contribution in [-0.2, 0) is 11.3 Å². The summed E-state index contributed by atoms with van der Waals surface area (Å²) in [5.41, 5.74) is 8.82. The summed E-state index contributed by atoms with van der Waals surface area (Å²) in [4.78, 5) is 23.2. The third-order valence-corrected chi connectivity index (χ3v) is 6.70. The summed E-state index contributed by atoms with van der Waals surface area (Å²) in [6, 6.07) is 3.20. The summed E-state index contributed by atoms with van der Waals surface area (Å²) in [6.45, 7) is 9.22. The number of hydrogen-bond donors (Lipinski definition) is 1. The predicted molar refractivity (Wildman–Crippen MR) is 135 cm³/mol. The van der Waals surface area contributed by atoms with Crippen LogP contribution < -0.4 is 5.73 Å². The highest BCUT2D eigenvalue weighted by Gasteiger charge is 2.32. The van der Waals surface area contributed by atoms with E-state index in [0.29, 0.717) is 52.8 Å². The van der Waals surface area contributed by atoms with Crippen LogP contribution >= 0.6 is 15.9 Å². The SMILES string of the molecule is CCn1cc2nc(N)nc(-c3cn(C4CCN(C(=O)OC(C)(C)C)C4)c4cc(F)c(Br)cc34)c2n1. The van der Waals surface area contributed by atoms with Gasteiger partial charge in [-0.3, -0.25) is 4.68 Å². The average molecular weight is 544 g/mol. The van der Waals surface area contributed by atoms with Gasteiger partial charge in [0.2, 0.25) is 5.95 Å². The lowest BCUT2D eigenvalue weighted by Crippen LogP contribution is -2.35. The fourth-order valence-corrected chi connectivity index (χ4v) is 4.87. The second kappa shape index (κ2) is 8.47. The van der Waals surface area contributed by atoms with Crippen molar-refractivity contribution in [1.82, 2.24) is 29.2 Å². The number of nitrogens with zero attached hydrogens (tertiary/aromatic N) is 6. The molecule has 11 heteroatoms. The first-order valence-corrected chi connectivity index (χ1v) is 12.3. The fourth-order valence-electron chi connectivity index (χ4n) is 4.52. The molecule has 0 saturated carbocycles. The van der Waals surface area contributed by atoms with Crippen LogP contribution in [0.25, 0.3) is 33.2 Å². The highest BCUT2D eigenvalue weighted by atomic mass is 79.9. The van der Waals surface area contributed by atoms with Crippen LogP contribution in [0.1, 0.15) is 40.2 Å². The topological polar surface area (TPSA) is 104 Å². The van der Waals surface area contributed by atoms with Gasteiger partial charge in [-0.15, -0.1) is 0 Å². The number of likely N-dealkylation sites (tertiary alicyclic amines) is 1. The standard InChI is InChI=1S/C24H27BrFN7O2/c1-5-32-12-18-21(30-32)20(29-22(27)28-18)15-11-33(19-9-17(26)16(25)8-14(15)19)13-6-7-31(10-13)23(34)35-24(2,3)4/h8-9,11-13H,5-7,10H2,1-4H3,(H2,27,28). The van der Waals surface area contributed by atoms with E-state index in [1.54, 1.807) is 15.6 Å². The van der Waals surface area contributed by atoms with Gasteiger partial charge in [-0.25, -0.2) is 19.2 Å². The predicted octanol–water partition coefficient (Wildman–Crippen LogP) is 5.13. The fraction of sp³-hybridized carbons (Fsp3) is 0.417. The second-order valence-electron chi connectivity index (χ2n) is 9.75. The van der Waals surface area contributed by atoms with Gasteiger partial charge >= 0.3 is 6.09 Å². The summed E-state index contributed by atoms with van der Waals surface area (Å²) in [6.07, 6.45) is 4.15. The maximum absolute atomic E-state index is 14.7. The molecule has 1 aliphatic rings. The van der Waals surface area contributed by atoms with Gasteiger partial charge in [-0.1, -0.05) is 0 Å². The van der Waals surface area contributed by atoms with E-state index in [2.05, 4.69) is 31.0 Å². The normalized spacial score (nSPS) is 16.5. The Bertz CT molecular complexity index is 1460. The molecule has 184 valence electrons. The quantitative estimate of drug-likeness (QED) is 0.384. The van der Waals surface area contributed by atoms with Crippen molar-refractivity contribution in [2.75, 3.05) is 18.8 Å². The molecule has 5 rings (SSSR count). The number of halogens is 2. The molecule has 3 aromatic heterocycles. The largest absolute Gasteiger partial charge is 0.444 e. The zero-order valence-electron chi connectivity index (χ0n) is 20.0. The number of hydrogen-bond acceptors (Lipinski definition) is 6. The van der Waals surface area contributed by atoms with Crippen LogP contribution in [0.2, 0.25) is 0 Å². The van der Waals surface area contributed by atoms with Crippen LogP contribution in [-0.4, -0.2) is 54.0 Å². The Kier molecular flexibility index (Phi) is 5.70. The molecule has 0 bridgehead atoms. The monoisotopic (exact) mass is 543 g/mol. The molecule has 0 aliphatic carbocycles. The van der Waals surface area contributed by atoms with E-state index < -0.39 is 5.60 Å². The van der Waals surface area contributed by atoms with Gasteiger partial charge in [0.05, 0.1) is 22.2 Å². The van der Waals surface area contributed by atoms with Crippen molar-refractivity contribution < 1.29 is 13.9 Å². The minimum Gasteiger partial charge on any atom is -0.444 e. The van der Waals surface area contributed by atoms with Crippen molar-refractivity contribution in [3.05, 3.63) is 34.8 Å². The zero-order chi connectivity index (χ0) is 25.1. The summed E-state index contributed by atoms with van der Waals surface area (Å²) >= 11 is 3.32. The minimum absolute atomic E-state index is 0.0535. The van der Waals surface area contributed by atoms with Crippen molar-refractivity contribution in [2.45, 2.75) is 52.3 Å². The number of aryl methyl sites for hydroxylation is 1. The molecule has 1 atom stereocenters. The average Bonchev–Trinajstić information content (AvgIpc) is 3.49. The molecular formula is C24H27BrFN7O2. The summed E-state index contributed by atoms with van der Waals surface area (Å²) < 4.78 is 24.4. The van der Waals surface area contributed by atoms with Crippen LogP contribution in [0.4, 0.5) is 15.1 Å². The Hall–Kier alpha value is -3.21. The molecular weight excluding hydrogens is 517 g/mol. The van der Waals surface area contributed by atoms with E-state index >= 15 is 0 Å². The Labute approximate surface area is 210 Å². The summed E-state index contributed by atoms with van der Waals surface area (Å²) in [5.74, 6) is -0.227. The molecule has 1 aromatic carbocycles. The molecule has 9 nitrogen and oxygen atoms in total. The number of carbonyl (C=O) groups is 1. The summed E-state index contributed by atoms with van der Waals surface area (Å²) in [5, 5.41) is 5.45. The van der Waals surface area contributed by atoms with E-state index in [-0.39, 0.29) is 23.9 Å². The molecule has 4 heterocycles. The van der Waals surface area contributed by atoms with Crippen molar-refractivity contribution in [3.8, 4) is 11.3 Å².